The van der Waals surface area contributed by atoms with E-state index in [9.17, 15) is 0 Å². The molecule has 3 rings (SSSR count). The number of nitrogens with one attached hydrogen (secondary N) is 2. The van der Waals surface area contributed by atoms with Gasteiger partial charge in [-0.3, -0.25) is 4.99 Å². The third-order valence-electron chi connectivity index (χ3n) is 5.35. The smallest absolute Gasteiger partial charge is 0.191 e. The lowest BCUT2D eigenvalue weighted by atomic mass is 10.0. The predicted octanol–water partition coefficient (Wildman–Crippen LogP) is 2.90. The van der Waals surface area contributed by atoms with Crippen LogP contribution in [-0.2, 0) is 4.74 Å². The second-order valence-electron chi connectivity index (χ2n) is 7.22. The molecule has 1 saturated carbocycles. The van der Waals surface area contributed by atoms with Crippen molar-refractivity contribution in [2.24, 2.45) is 10.4 Å². The minimum atomic E-state index is 0.402. The van der Waals surface area contributed by atoms with Crippen molar-refractivity contribution in [3.05, 3.63) is 29.3 Å². The number of aliphatic imine (C=N–C) groups is 1. The lowest BCUT2D eigenvalue weighted by molar-refractivity contribution is 0.172. The van der Waals surface area contributed by atoms with Gasteiger partial charge in [0.2, 0.25) is 0 Å². The van der Waals surface area contributed by atoms with E-state index in [1.54, 1.807) is 7.11 Å². The van der Waals surface area contributed by atoms with Crippen LogP contribution < -0.4 is 15.5 Å². The molecule has 1 aromatic carbocycles. The van der Waals surface area contributed by atoms with Gasteiger partial charge in [0.25, 0.3) is 0 Å². The van der Waals surface area contributed by atoms with Gasteiger partial charge in [-0.05, 0) is 49.3 Å². The number of halogens is 1. The highest BCUT2D eigenvalue weighted by molar-refractivity contribution is 6.30. The Labute approximate surface area is 155 Å². The highest BCUT2D eigenvalue weighted by Crippen LogP contribution is 2.48. The van der Waals surface area contributed by atoms with Gasteiger partial charge in [-0.2, -0.15) is 0 Å². The zero-order valence-electron chi connectivity index (χ0n) is 15.2. The van der Waals surface area contributed by atoms with Gasteiger partial charge in [-0.25, -0.2) is 0 Å². The SMILES string of the molecule is CN=C(NCC1(CCOC)CC1)NC1CCN(c2cccc(Cl)c2)C1. The van der Waals surface area contributed by atoms with Crippen LogP contribution in [0.2, 0.25) is 5.02 Å². The maximum Gasteiger partial charge on any atom is 0.191 e. The zero-order valence-corrected chi connectivity index (χ0v) is 16.0. The summed E-state index contributed by atoms with van der Waals surface area (Å²) in [6, 6.07) is 8.48. The van der Waals surface area contributed by atoms with Crippen LogP contribution in [0, 0.1) is 5.41 Å². The Bertz CT molecular complexity index is 603. The number of guanidine groups is 1. The summed E-state index contributed by atoms with van der Waals surface area (Å²) in [5.74, 6) is 0.904. The number of rotatable bonds is 7. The predicted molar refractivity (Wildman–Crippen MR) is 105 cm³/mol. The average molecular weight is 365 g/mol. The quantitative estimate of drug-likeness (QED) is 0.577. The highest BCUT2D eigenvalue weighted by Gasteiger charge is 2.42. The van der Waals surface area contributed by atoms with Gasteiger partial charge in [0.1, 0.15) is 0 Å². The number of benzene rings is 1. The number of ether oxygens (including phenoxy) is 1. The minimum Gasteiger partial charge on any atom is -0.385 e. The van der Waals surface area contributed by atoms with Gasteiger partial charge in [0.15, 0.2) is 5.96 Å². The molecule has 6 heteroatoms. The molecule has 1 aromatic rings. The van der Waals surface area contributed by atoms with Gasteiger partial charge in [-0.1, -0.05) is 17.7 Å². The molecule has 138 valence electrons. The number of hydrogen-bond donors (Lipinski definition) is 2. The molecule has 5 nitrogen and oxygen atoms in total. The fraction of sp³-hybridized carbons (Fsp3) is 0.632. The molecule has 2 N–H and O–H groups in total. The van der Waals surface area contributed by atoms with Crippen molar-refractivity contribution in [3.8, 4) is 0 Å². The molecule has 0 spiro atoms. The van der Waals surface area contributed by atoms with E-state index < -0.39 is 0 Å². The molecule has 0 radical (unpaired) electrons. The second-order valence-corrected chi connectivity index (χ2v) is 7.66. The molecule has 2 aliphatic rings. The molecule has 1 atom stereocenters. The Morgan fingerprint density at radius 1 is 1.44 bits per heavy atom. The first-order valence-electron chi connectivity index (χ1n) is 9.11. The Balaban J connectivity index is 1.47. The molecular weight excluding hydrogens is 336 g/mol. The van der Waals surface area contributed by atoms with Crippen molar-refractivity contribution >= 4 is 23.2 Å². The number of hydrogen-bond acceptors (Lipinski definition) is 3. The molecule has 1 heterocycles. The fourth-order valence-corrected chi connectivity index (χ4v) is 3.64. The van der Waals surface area contributed by atoms with E-state index in [0.717, 1.165) is 50.1 Å². The van der Waals surface area contributed by atoms with Crippen molar-refractivity contribution in [1.29, 1.82) is 0 Å². The van der Waals surface area contributed by atoms with Gasteiger partial charge >= 0.3 is 0 Å². The lowest BCUT2D eigenvalue weighted by Gasteiger charge is -2.22. The van der Waals surface area contributed by atoms with E-state index in [0.29, 0.717) is 11.5 Å². The van der Waals surface area contributed by atoms with Gasteiger partial charge in [-0.15, -0.1) is 0 Å². The van der Waals surface area contributed by atoms with Crippen LogP contribution in [0.4, 0.5) is 5.69 Å². The molecule has 25 heavy (non-hydrogen) atoms. The third kappa shape index (κ3) is 5.02. The van der Waals surface area contributed by atoms with Crippen molar-refractivity contribution in [2.45, 2.75) is 31.7 Å². The Kier molecular flexibility index (Phi) is 6.07. The largest absolute Gasteiger partial charge is 0.385 e. The summed E-state index contributed by atoms with van der Waals surface area (Å²) in [5.41, 5.74) is 1.60. The third-order valence-corrected chi connectivity index (χ3v) is 5.59. The summed E-state index contributed by atoms with van der Waals surface area (Å²) in [4.78, 5) is 6.77. The first-order valence-corrected chi connectivity index (χ1v) is 9.49. The van der Waals surface area contributed by atoms with Crippen molar-refractivity contribution in [2.75, 3.05) is 45.3 Å². The number of nitrogens with zero attached hydrogens (tertiary/aromatic N) is 2. The molecular formula is C19H29ClN4O. The molecule has 1 aliphatic carbocycles. The van der Waals surface area contributed by atoms with E-state index >= 15 is 0 Å². The molecule has 1 saturated heterocycles. The summed E-state index contributed by atoms with van der Waals surface area (Å²) in [6.45, 7) is 3.81. The van der Waals surface area contributed by atoms with Crippen LogP contribution in [0.3, 0.4) is 0 Å². The van der Waals surface area contributed by atoms with Crippen LogP contribution in [0.15, 0.2) is 29.3 Å². The summed E-state index contributed by atoms with van der Waals surface area (Å²) in [7, 11) is 3.61. The van der Waals surface area contributed by atoms with Crippen LogP contribution in [0.5, 0.6) is 0 Å². The standard InChI is InChI=1S/C19H29ClN4O/c1-21-18(22-14-19(7-8-19)9-11-25-2)23-16-6-10-24(13-16)17-5-3-4-15(20)12-17/h3-5,12,16H,6-11,13-14H2,1-2H3,(H2,21,22,23). The molecule has 1 unspecified atom stereocenters. The van der Waals surface area contributed by atoms with Crippen LogP contribution in [0.25, 0.3) is 0 Å². The van der Waals surface area contributed by atoms with Crippen LogP contribution in [0.1, 0.15) is 25.7 Å². The van der Waals surface area contributed by atoms with E-state index in [-0.39, 0.29) is 0 Å². The summed E-state index contributed by atoms with van der Waals surface area (Å²) >= 11 is 6.11. The van der Waals surface area contributed by atoms with E-state index in [1.165, 1.54) is 18.5 Å². The Morgan fingerprint density at radius 2 is 2.28 bits per heavy atom. The molecule has 0 aromatic heterocycles. The molecule has 0 bridgehead atoms. The van der Waals surface area contributed by atoms with E-state index in [2.05, 4.69) is 26.6 Å². The number of methoxy groups -OCH3 is 1. The lowest BCUT2D eigenvalue weighted by Crippen LogP contribution is -2.46. The van der Waals surface area contributed by atoms with E-state index in [4.69, 9.17) is 16.3 Å². The van der Waals surface area contributed by atoms with Gasteiger partial charge in [0.05, 0.1) is 0 Å². The zero-order chi connectivity index (χ0) is 17.7. The second kappa shape index (κ2) is 8.28. The minimum absolute atomic E-state index is 0.402. The molecule has 0 amide bonds. The first-order chi connectivity index (χ1) is 12.1. The first kappa shape index (κ1) is 18.3. The topological polar surface area (TPSA) is 48.9 Å². The van der Waals surface area contributed by atoms with Crippen molar-refractivity contribution < 1.29 is 4.74 Å². The fourth-order valence-electron chi connectivity index (χ4n) is 3.46. The molecule has 1 aliphatic heterocycles. The van der Waals surface area contributed by atoms with Crippen LogP contribution >= 0.6 is 11.6 Å². The van der Waals surface area contributed by atoms with Crippen LogP contribution in [-0.4, -0.2) is 52.4 Å². The monoisotopic (exact) mass is 364 g/mol. The van der Waals surface area contributed by atoms with Crippen molar-refractivity contribution in [3.63, 3.8) is 0 Å². The van der Waals surface area contributed by atoms with Gasteiger partial charge < -0.3 is 20.3 Å². The molecule has 2 fully saturated rings. The normalized spacial score (nSPS) is 22.1. The summed E-state index contributed by atoms with van der Waals surface area (Å²) in [5, 5.41) is 7.87. The maximum atomic E-state index is 6.11. The van der Waals surface area contributed by atoms with E-state index in [1.807, 2.05) is 25.2 Å². The van der Waals surface area contributed by atoms with Crippen molar-refractivity contribution in [1.82, 2.24) is 10.6 Å². The Hall–Kier alpha value is -1.46. The maximum absolute atomic E-state index is 6.11. The average Bonchev–Trinajstić information content (AvgIpc) is 3.24. The highest BCUT2D eigenvalue weighted by atomic mass is 35.5. The Morgan fingerprint density at radius 3 is 2.96 bits per heavy atom. The number of anilines is 1. The summed E-state index contributed by atoms with van der Waals surface area (Å²) in [6.07, 6.45) is 4.79. The van der Waals surface area contributed by atoms with Gasteiger partial charge in [0, 0.05) is 57.2 Å². The summed E-state index contributed by atoms with van der Waals surface area (Å²) < 4.78 is 5.23.